The summed E-state index contributed by atoms with van der Waals surface area (Å²) in [7, 11) is -3.57. The van der Waals surface area contributed by atoms with Gasteiger partial charge >= 0.3 is 0 Å². The Kier molecular flexibility index (Phi) is 6.59. The van der Waals surface area contributed by atoms with Crippen LogP contribution in [0.25, 0.3) is 0 Å². The molecule has 0 atom stereocenters. The van der Waals surface area contributed by atoms with Crippen molar-refractivity contribution in [2.24, 2.45) is 11.7 Å². The second-order valence-electron chi connectivity index (χ2n) is 6.49. The molecule has 0 unspecified atom stereocenters. The zero-order valence-corrected chi connectivity index (χ0v) is 15.0. The second kappa shape index (κ2) is 7.61. The van der Waals surface area contributed by atoms with Gasteiger partial charge in [-0.2, -0.15) is 0 Å². The molecule has 1 amide bonds. The van der Waals surface area contributed by atoms with Crippen LogP contribution in [0, 0.1) is 5.92 Å². The highest BCUT2D eigenvalue weighted by molar-refractivity contribution is 7.89. The van der Waals surface area contributed by atoms with Crippen LogP contribution in [0.4, 0.5) is 0 Å². The Morgan fingerprint density at radius 3 is 2.57 bits per heavy atom. The van der Waals surface area contributed by atoms with Gasteiger partial charge in [0.25, 0.3) is 5.91 Å². The zero-order chi connectivity index (χ0) is 16.4. The standard InChI is InChI=1S/C15H23N3O3S.ClH/c1-15(2,16)10-17-14(19)12-4-3-5-13(8-12)22(20,21)18-9-11-6-7-11;/h3-5,8,11,18H,6-7,9-10,16H2,1-2H3,(H,17,19);1H. The summed E-state index contributed by atoms with van der Waals surface area (Å²) >= 11 is 0. The van der Waals surface area contributed by atoms with E-state index in [4.69, 9.17) is 5.73 Å². The van der Waals surface area contributed by atoms with Crippen molar-refractivity contribution in [2.45, 2.75) is 37.1 Å². The zero-order valence-electron chi connectivity index (χ0n) is 13.3. The molecular formula is C15H24ClN3O3S. The smallest absolute Gasteiger partial charge is 0.251 e. The Hall–Kier alpha value is -1.15. The van der Waals surface area contributed by atoms with Gasteiger partial charge in [0.15, 0.2) is 0 Å². The van der Waals surface area contributed by atoms with Crippen molar-refractivity contribution >= 4 is 28.3 Å². The lowest BCUT2D eigenvalue weighted by Gasteiger charge is -2.19. The molecule has 23 heavy (non-hydrogen) atoms. The Morgan fingerprint density at radius 2 is 2.00 bits per heavy atom. The number of rotatable bonds is 7. The lowest BCUT2D eigenvalue weighted by molar-refractivity contribution is 0.0946. The molecule has 6 nitrogen and oxygen atoms in total. The van der Waals surface area contributed by atoms with Crippen LogP contribution in [0.2, 0.25) is 0 Å². The second-order valence-corrected chi connectivity index (χ2v) is 8.26. The largest absolute Gasteiger partial charge is 0.350 e. The number of amides is 1. The Balaban J connectivity index is 0.00000264. The minimum Gasteiger partial charge on any atom is -0.350 e. The van der Waals surface area contributed by atoms with Gasteiger partial charge in [0.05, 0.1) is 4.90 Å². The minimum atomic E-state index is -3.57. The maximum atomic E-state index is 12.2. The molecule has 130 valence electrons. The first kappa shape index (κ1) is 19.9. The van der Waals surface area contributed by atoms with Gasteiger partial charge in [-0.3, -0.25) is 4.79 Å². The molecule has 0 heterocycles. The van der Waals surface area contributed by atoms with Crippen LogP contribution in [-0.2, 0) is 10.0 Å². The van der Waals surface area contributed by atoms with E-state index >= 15 is 0 Å². The summed E-state index contributed by atoms with van der Waals surface area (Å²) in [5, 5.41) is 2.70. The number of carbonyl (C=O) groups excluding carboxylic acids is 1. The lowest BCUT2D eigenvalue weighted by Crippen LogP contribution is -2.45. The molecule has 1 aromatic rings. The first-order valence-corrected chi connectivity index (χ1v) is 8.82. The fourth-order valence-electron chi connectivity index (χ4n) is 1.85. The van der Waals surface area contributed by atoms with Crippen LogP contribution in [-0.4, -0.2) is 33.0 Å². The normalized spacial score (nSPS) is 14.9. The van der Waals surface area contributed by atoms with Gasteiger partial charge < -0.3 is 11.1 Å². The van der Waals surface area contributed by atoms with Crippen molar-refractivity contribution in [3.8, 4) is 0 Å². The molecule has 0 aliphatic heterocycles. The van der Waals surface area contributed by atoms with Crippen molar-refractivity contribution in [2.75, 3.05) is 13.1 Å². The number of halogens is 1. The van der Waals surface area contributed by atoms with Gasteiger partial charge in [0, 0.05) is 24.2 Å². The third-order valence-electron chi connectivity index (χ3n) is 3.37. The van der Waals surface area contributed by atoms with Crippen LogP contribution < -0.4 is 15.8 Å². The average molecular weight is 362 g/mol. The highest BCUT2D eigenvalue weighted by atomic mass is 35.5. The molecule has 8 heteroatoms. The molecule has 4 N–H and O–H groups in total. The monoisotopic (exact) mass is 361 g/mol. The van der Waals surface area contributed by atoms with E-state index in [0.29, 0.717) is 24.6 Å². The maximum absolute atomic E-state index is 12.2. The first-order valence-electron chi connectivity index (χ1n) is 7.34. The molecule has 1 aliphatic rings. The van der Waals surface area contributed by atoms with Crippen molar-refractivity contribution in [3.63, 3.8) is 0 Å². The molecule has 1 saturated carbocycles. The molecule has 0 radical (unpaired) electrons. The van der Waals surface area contributed by atoms with Crippen molar-refractivity contribution < 1.29 is 13.2 Å². The van der Waals surface area contributed by atoms with Gasteiger partial charge in [-0.25, -0.2) is 13.1 Å². The fraction of sp³-hybridized carbons (Fsp3) is 0.533. The van der Waals surface area contributed by atoms with E-state index in [1.807, 2.05) is 0 Å². The van der Waals surface area contributed by atoms with E-state index in [-0.39, 0.29) is 23.2 Å². The Labute approximate surface area is 143 Å². The van der Waals surface area contributed by atoms with E-state index in [9.17, 15) is 13.2 Å². The maximum Gasteiger partial charge on any atom is 0.251 e. The van der Waals surface area contributed by atoms with Crippen LogP contribution >= 0.6 is 12.4 Å². The Bertz CT molecular complexity index is 652. The highest BCUT2D eigenvalue weighted by Crippen LogP contribution is 2.28. The molecule has 1 aromatic carbocycles. The molecular weight excluding hydrogens is 338 g/mol. The van der Waals surface area contributed by atoms with E-state index in [1.54, 1.807) is 26.0 Å². The lowest BCUT2D eigenvalue weighted by atomic mass is 10.1. The number of benzene rings is 1. The van der Waals surface area contributed by atoms with Crippen LogP contribution in [0.5, 0.6) is 0 Å². The highest BCUT2D eigenvalue weighted by Gasteiger charge is 2.24. The molecule has 2 rings (SSSR count). The number of nitrogens with one attached hydrogen (secondary N) is 2. The van der Waals surface area contributed by atoms with Crippen molar-refractivity contribution in [1.29, 1.82) is 0 Å². The summed E-state index contributed by atoms with van der Waals surface area (Å²) in [5.74, 6) is 0.116. The Morgan fingerprint density at radius 1 is 1.35 bits per heavy atom. The van der Waals surface area contributed by atoms with Gasteiger partial charge in [-0.05, 0) is 50.8 Å². The average Bonchev–Trinajstić information content (AvgIpc) is 3.26. The number of sulfonamides is 1. The molecule has 0 bridgehead atoms. The van der Waals surface area contributed by atoms with E-state index in [0.717, 1.165) is 12.8 Å². The van der Waals surface area contributed by atoms with Crippen molar-refractivity contribution in [1.82, 2.24) is 10.0 Å². The van der Waals surface area contributed by atoms with Crippen molar-refractivity contribution in [3.05, 3.63) is 29.8 Å². The quantitative estimate of drug-likeness (QED) is 0.680. The molecule has 0 aromatic heterocycles. The number of nitrogens with two attached hydrogens (primary N) is 1. The van der Waals surface area contributed by atoms with Gasteiger partial charge in [-0.15, -0.1) is 12.4 Å². The molecule has 1 aliphatic carbocycles. The topological polar surface area (TPSA) is 101 Å². The van der Waals surface area contributed by atoms with E-state index in [1.165, 1.54) is 12.1 Å². The summed E-state index contributed by atoms with van der Waals surface area (Å²) < 4.78 is 27.0. The van der Waals surface area contributed by atoms with Gasteiger partial charge in [-0.1, -0.05) is 6.07 Å². The third-order valence-corrected chi connectivity index (χ3v) is 4.79. The summed E-state index contributed by atoms with van der Waals surface area (Å²) in [4.78, 5) is 12.2. The number of hydrogen-bond donors (Lipinski definition) is 3. The summed E-state index contributed by atoms with van der Waals surface area (Å²) in [6.45, 7) is 4.37. The van der Waals surface area contributed by atoms with Crippen LogP contribution in [0.3, 0.4) is 0 Å². The van der Waals surface area contributed by atoms with Crippen LogP contribution in [0.1, 0.15) is 37.0 Å². The van der Waals surface area contributed by atoms with Gasteiger partial charge in [0.1, 0.15) is 0 Å². The summed E-state index contributed by atoms with van der Waals surface area (Å²) in [6, 6.07) is 6.01. The predicted octanol–water partition coefficient (Wildman–Crippen LogP) is 1.26. The number of hydrogen-bond acceptors (Lipinski definition) is 4. The summed E-state index contributed by atoms with van der Waals surface area (Å²) in [6.07, 6.45) is 2.14. The summed E-state index contributed by atoms with van der Waals surface area (Å²) in [5.41, 5.74) is 5.60. The third kappa shape index (κ3) is 6.47. The van der Waals surface area contributed by atoms with E-state index in [2.05, 4.69) is 10.0 Å². The molecule has 0 spiro atoms. The first-order chi connectivity index (χ1) is 10.2. The van der Waals surface area contributed by atoms with Gasteiger partial charge in [0.2, 0.25) is 10.0 Å². The molecule has 1 fully saturated rings. The molecule has 0 saturated heterocycles. The minimum absolute atomic E-state index is 0. The van der Waals surface area contributed by atoms with E-state index < -0.39 is 15.6 Å². The predicted molar refractivity (Wildman–Crippen MR) is 92.2 cm³/mol. The SMILES string of the molecule is CC(C)(N)CNC(=O)c1cccc(S(=O)(=O)NCC2CC2)c1.Cl. The number of carbonyl (C=O) groups is 1. The van der Waals surface area contributed by atoms with Crippen LogP contribution in [0.15, 0.2) is 29.2 Å². The fourth-order valence-corrected chi connectivity index (χ4v) is 3.01.